The SMILES string of the molecule is Cn1[c]nc(F)n1. The van der Waals surface area contributed by atoms with E-state index in [0.29, 0.717) is 0 Å². The van der Waals surface area contributed by atoms with Crippen molar-refractivity contribution in [1.29, 1.82) is 0 Å². The zero-order valence-electron chi connectivity index (χ0n) is 3.72. The van der Waals surface area contributed by atoms with Crippen LogP contribution in [0.2, 0.25) is 0 Å². The minimum absolute atomic E-state index is 0.734. The Morgan fingerprint density at radius 2 is 2.57 bits per heavy atom. The van der Waals surface area contributed by atoms with Gasteiger partial charge in [-0.15, -0.1) is 5.10 Å². The van der Waals surface area contributed by atoms with Crippen LogP contribution < -0.4 is 0 Å². The van der Waals surface area contributed by atoms with Crippen LogP contribution in [0.1, 0.15) is 0 Å². The third-order valence-corrected chi connectivity index (χ3v) is 0.519. The number of rotatable bonds is 0. The second-order valence-electron chi connectivity index (χ2n) is 1.10. The van der Waals surface area contributed by atoms with Gasteiger partial charge in [0.05, 0.1) is 0 Å². The van der Waals surface area contributed by atoms with Gasteiger partial charge in [-0.05, 0) is 0 Å². The molecule has 0 amide bonds. The molecule has 0 bridgehead atoms. The van der Waals surface area contributed by atoms with Gasteiger partial charge in [0.2, 0.25) is 0 Å². The predicted octanol–water partition coefficient (Wildman–Crippen LogP) is -0.246. The smallest absolute Gasteiger partial charge is 0.243 e. The normalized spacial score (nSPS) is 9.43. The van der Waals surface area contributed by atoms with Crippen LogP contribution in [0.15, 0.2) is 0 Å². The molecule has 7 heavy (non-hydrogen) atoms. The fourth-order valence-corrected chi connectivity index (χ4v) is 0.282. The molecule has 37 valence electrons. The summed E-state index contributed by atoms with van der Waals surface area (Å²) in [4.78, 5) is 3.08. The van der Waals surface area contributed by atoms with Crippen LogP contribution >= 0.6 is 0 Å². The Labute approximate surface area is 39.8 Å². The van der Waals surface area contributed by atoms with E-state index in [9.17, 15) is 4.39 Å². The second-order valence-corrected chi connectivity index (χ2v) is 1.10. The van der Waals surface area contributed by atoms with Gasteiger partial charge in [0.15, 0.2) is 6.33 Å². The molecule has 0 saturated carbocycles. The van der Waals surface area contributed by atoms with Gasteiger partial charge in [-0.3, -0.25) is 0 Å². The molecule has 1 aromatic heterocycles. The lowest BCUT2D eigenvalue weighted by atomic mass is 11.2. The van der Waals surface area contributed by atoms with Crippen LogP contribution in [-0.2, 0) is 7.05 Å². The van der Waals surface area contributed by atoms with Gasteiger partial charge in [-0.25, -0.2) is 4.68 Å². The van der Waals surface area contributed by atoms with E-state index in [4.69, 9.17) is 0 Å². The molecule has 1 rings (SSSR count). The Morgan fingerprint density at radius 1 is 1.86 bits per heavy atom. The van der Waals surface area contributed by atoms with Gasteiger partial charge in [0, 0.05) is 7.05 Å². The summed E-state index contributed by atoms with van der Waals surface area (Å²) in [6.45, 7) is 0. The van der Waals surface area contributed by atoms with E-state index < -0.39 is 6.08 Å². The van der Waals surface area contributed by atoms with Gasteiger partial charge < -0.3 is 0 Å². The second kappa shape index (κ2) is 1.29. The molecule has 1 radical (unpaired) electrons. The van der Waals surface area contributed by atoms with E-state index >= 15 is 0 Å². The monoisotopic (exact) mass is 100 g/mol. The Hall–Kier alpha value is -0.930. The molecule has 4 heteroatoms. The maximum atomic E-state index is 11.7. The maximum absolute atomic E-state index is 11.7. The molecule has 0 aliphatic rings. The van der Waals surface area contributed by atoms with E-state index in [0.717, 1.165) is 0 Å². The van der Waals surface area contributed by atoms with Crippen molar-refractivity contribution in [1.82, 2.24) is 14.8 Å². The molecule has 0 fully saturated rings. The number of nitrogens with zero attached hydrogens (tertiary/aromatic N) is 3. The van der Waals surface area contributed by atoms with Crippen LogP contribution in [0, 0.1) is 12.4 Å². The molecule has 0 aliphatic carbocycles. The summed E-state index contributed by atoms with van der Waals surface area (Å²) in [5, 5.41) is 3.19. The van der Waals surface area contributed by atoms with Crippen molar-refractivity contribution in [2.45, 2.75) is 0 Å². The zero-order valence-corrected chi connectivity index (χ0v) is 3.72. The Morgan fingerprint density at radius 3 is 2.71 bits per heavy atom. The number of aromatic nitrogens is 3. The molecule has 1 heterocycles. The summed E-state index contributed by atoms with van der Waals surface area (Å²) in [5.74, 6) is 0. The first kappa shape index (κ1) is 4.23. The highest BCUT2D eigenvalue weighted by molar-refractivity contribution is 4.52. The molecule has 0 aliphatic heterocycles. The molecule has 3 nitrogen and oxygen atoms in total. The first-order chi connectivity index (χ1) is 3.29. The predicted molar refractivity (Wildman–Crippen MR) is 19.8 cm³/mol. The summed E-state index contributed by atoms with van der Waals surface area (Å²) >= 11 is 0. The number of hydrogen-bond donors (Lipinski definition) is 0. The summed E-state index contributed by atoms with van der Waals surface area (Å²) in [7, 11) is 1.55. The number of aryl methyl sites for hydroxylation is 1. The average molecular weight is 100 g/mol. The van der Waals surface area contributed by atoms with Crippen molar-refractivity contribution < 1.29 is 4.39 Å². The van der Waals surface area contributed by atoms with E-state index in [2.05, 4.69) is 16.4 Å². The molecule has 0 N–H and O–H groups in total. The van der Waals surface area contributed by atoms with Gasteiger partial charge in [0.25, 0.3) is 0 Å². The highest BCUT2D eigenvalue weighted by atomic mass is 19.1. The standard InChI is InChI=1S/C3H3FN3/c1-7-2-5-3(4)6-7/h1H3. The third kappa shape index (κ3) is 0.734. The van der Waals surface area contributed by atoms with Crippen molar-refractivity contribution in [2.24, 2.45) is 7.05 Å². The van der Waals surface area contributed by atoms with Crippen LogP contribution in [0.4, 0.5) is 4.39 Å². The molecule has 0 spiro atoms. The summed E-state index contributed by atoms with van der Waals surface area (Å²) < 4.78 is 12.8. The first-order valence-corrected chi connectivity index (χ1v) is 1.73. The average Bonchev–Trinajstić information content (AvgIpc) is 1.87. The van der Waals surface area contributed by atoms with Crippen molar-refractivity contribution in [3.8, 4) is 0 Å². The van der Waals surface area contributed by atoms with Crippen LogP contribution in [0.25, 0.3) is 0 Å². The lowest BCUT2D eigenvalue weighted by Crippen LogP contribution is -1.87. The summed E-state index contributed by atoms with van der Waals surface area (Å²) in [6.07, 6.45) is 1.52. The molecule has 0 aromatic carbocycles. The van der Waals surface area contributed by atoms with Gasteiger partial charge in [-0.2, -0.15) is 9.37 Å². The lowest BCUT2D eigenvalue weighted by Gasteiger charge is -1.73. The zero-order chi connectivity index (χ0) is 5.28. The lowest BCUT2D eigenvalue weighted by molar-refractivity contribution is 0.528. The van der Waals surface area contributed by atoms with Crippen molar-refractivity contribution >= 4 is 0 Å². The molecular weight excluding hydrogens is 97.1 g/mol. The Kier molecular flexibility index (Phi) is 0.780. The van der Waals surface area contributed by atoms with Crippen LogP contribution in [0.3, 0.4) is 0 Å². The minimum Gasteiger partial charge on any atom is -0.243 e. The van der Waals surface area contributed by atoms with Crippen molar-refractivity contribution in [3.05, 3.63) is 12.4 Å². The fourth-order valence-electron chi connectivity index (χ4n) is 0.282. The molecule has 0 saturated heterocycles. The summed E-state index contributed by atoms with van der Waals surface area (Å²) in [6, 6.07) is 0. The number of hydrogen-bond acceptors (Lipinski definition) is 2. The topological polar surface area (TPSA) is 30.7 Å². The minimum atomic E-state index is -0.734. The molecule has 1 aromatic rings. The maximum Gasteiger partial charge on any atom is 0.327 e. The van der Waals surface area contributed by atoms with Crippen LogP contribution in [-0.4, -0.2) is 14.8 Å². The van der Waals surface area contributed by atoms with E-state index in [-0.39, 0.29) is 0 Å². The van der Waals surface area contributed by atoms with E-state index in [1.807, 2.05) is 0 Å². The third-order valence-electron chi connectivity index (χ3n) is 0.519. The van der Waals surface area contributed by atoms with Crippen molar-refractivity contribution in [3.63, 3.8) is 0 Å². The fraction of sp³-hybridized carbons (Fsp3) is 0.333. The van der Waals surface area contributed by atoms with Gasteiger partial charge in [0.1, 0.15) is 0 Å². The highest BCUT2D eigenvalue weighted by Gasteiger charge is 1.90. The molecular formula is C3H3FN3. The largest absolute Gasteiger partial charge is 0.327 e. The highest BCUT2D eigenvalue weighted by Crippen LogP contribution is 1.78. The van der Waals surface area contributed by atoms with E-state index in [1.54, 1.807) is 7.05 Å². The van der Waals surface area contributed by atoms with E-state index in [1.165, 1.54) is 4.68 Å². The Bertz CT molecular complexity index is 142. The van der Waals surface area contributed by atoms with Crippen molar-refractivity contribution in [2.75, 3.05) is 0 Å². The van der Waals surface area contributed by atoms with Gasteiger partial charge >= 0.3 is 6.08 Å². The molecule has 0 unspecified atom stereocenters. The molecule has 0 atom stereocenters. The quantitative estimate of drug-likeness (QED) is 0.450. The number of halogens is 1. The van der Waals surface area contributed by atoms with Gasteiger partial charge in [-0.1, -0.05) is 0 Å². The first-order valence-electron chi connectivity index (χ1n) is 1.73. The van der Waals surface area contributed by atoms with Crippen LogP contribution in [0.5, 0.6) is 0 Å². The summed E-state index contributed by atoms with van der Waals surface area (Å²) in [5.41, 5.74) is 0. The Balaban J connectivity index is 3.04.